The third-order valence-electron chi connectivity index (χ3n) is 4.30. The summed E-state index contributed by atoms with van der Waals surface area (Å²) in [5.74, 6) is 1.29. The summed E-state index contributed by atoms with van der Waals surface area (Å²) < 4.78 is 37.9. The van der Waals surface area contributed by atoms with Crippen LogP contribution in [0.15, 0.2) is 36.7 Å². The van der Waals surface area contributed by atoms with Crippen LogP contribution in [0.3, 0.4) is 0 Å². The molecule has 9 heteroatoms. The number of nitrogens with one attached hydrogen (secondary N) is 1. The normalized spacial score (nSPS) is 20.4. The van der Waals surface area contributed by atoms with Crippen LogP contribution in [0, 0.1) is 0 Å². The van der Waals surface area contributed by atoms with Gasteiger partial charge in [-0.25, -0.2) is 23.1 Å². The molecule has 1 fully saturated rings. The summed E-state index contributed by atoms with van der Waals surface area (Å²) in [5.41, 5.74) is 0.849. The van der Waals surface area contributed by atoms with Crippen LogP contribution in [0.5, 0.6) is 5.75 Å². The minimum absolute atomic E-state index is 0.0469. The Bertz CT molecular complexity index is 844. The zero-order valence-corrected chi connectivity index (χ0v) is 16.5. The summed E-state index contributed by atoms with van der Waals surface area (Å²) in [4.78, 5) is 8.36. The van der Waals surface area contributed by atoms with Crippen LogP contribution < -0.4 is 9.46 Å². The van der Waals surface area contributed by atoms with E-state index in [1.54, 1.807) is 19.3 Å². The number of aromatic nitrogens is 2. The van der Waals surface area contributed by atoms with E-state index in [1.165, 1.54) is 0 Å². The van der Waals surface area contributed by atoms with Crippen molar-refractivity contribution in [2.75, 3.05) is 19.0 Å². The minimum atomic E-state index is -3.28. The van der Waals surface area contributed by atoms with Crippen LogP contribution in [0.4, 0.5) is 0 Å². The largest absolute Gasteiger partial charge is 0.491 e. The summed E-state index contributed by atoms with van der Waals surface area (Å²) in [7, 11) is -3.28. The van der Waals surface area contributed by atoms with Crippen molar-refractivity contribution in [3.05, 3.63) is 41.7 Å². The lowest BCUT2D eigenvalue weighted by atomic mass is 10.0. The van der Waals surface area contributed by atoms with Gasteiger partial charge < -0.3 is 9.47 Å². The topological polar surface area (TPSA) is 90.4 Å². The molecule has 2 aromatic rings. The maximum atomic E-state index is 11.9. The van der Waals surface area contributed by atoms with Crippen molar-refractivity contribution in [3.63, 3.8) is 0 Å². The Labute approximate surface area is 164 Å². The highest BCUT2D eigenvalue weighted by atomic mass is 35.5. The zero-order chi connectivity index (χ0) is 19.3. The molecule has 2 atom stereocenters. The Hall–Kier alpha value is -1.74. The van der Waals surface area contributed by atoms with Crippen molar-refractivity contribution >= 4 is 21.6 Å². The van der Waals surface area contributed by atoms with Crippen LogP contribution in [-0.4, -0.2) is 49.5 Å². The highest BCUT2D eigenvalue weighted by molar-refractivity contribution is 7.89. The van der Waals surface area contributed by atoms with Crippen molar-refractivity contribution in [2.45, 2.75) is 31.9 Å². The van der Waals surface area contributed by atoms with Crippen LogP contribution in [-0.2, 0) is 14.8 Å². The van der Waals surface area contributed by atoms with E-state index < -0.39 is 10.0 Å². The molecule has 0 saturated carbocycles. The summed E-state index contributed by atoms with van der Waals surface area (Å²) >= 11 is 5.80. The first-order valence-corrected chi connectivity index (χ1v) is 10.8. The molecular formula is C18H22ClN3O4S. The van der Waals surface area contributed by atoms with Gasteiger partial charge in [-0.3, -0.25) is 0 Å². The Morgan fingerprint density at radius 2 is 1.96 bits per heavy atom. The van der Waals surface area contributed by atoms with Crippen molar-refractivity contribution in [3.8, 4) is 17.1 Å². The molecule has 3 rings (SSSR count). The Kier molecular flexibility index (Phi) is 6.64. The summed E-state index contributed by atoms with van der Waals surface area (Å²) in [5, 5.41) is 0.486. The molecule has 0 unspecified atom stereocenters. The molecule has 0 radical (unpaired) electrons. The number of rotatable bonds is 7. The fraction of sp³-hybridized carbons (Fsp3) is 0.444. The Balaban J connectivity index is 1.60. The number of hydrogen-bond donors (Lipinski definition) is 1. The fourth-order valence-electron chi connectivity index (χ4n) is 2.79. The molecule has 146 valence electrons. The highest BCUT2D eigenvalue weighted by Crippen LogP contribution is 2.21. The third kappa shape index (κ3) is 5.62. The lowest BCUT2D eigenvalue weighted by Crippen LogP contribution is -2.49. The minimum Gasteiger partial charge on any atom is -0.491 e. The van der Waals surface area contributed by atoms with E-state index in [4.69, 9.17) is 21.1 Å². The van der Waals surface area contributed by atoms with Crippen molar-refractivity contribution in [2.24, 2.45) is 0 Å². The molecule has 1 aromatic heterocycles. The van der Waals surface area contributed by atoms with Gasteiger partial charge in [-0.05, 0) is 44.0 Å². The van der Waals surface area contributed by atoms with Crippen LogP contribution in [0.2, 0.25) is 5.02 Å². The third-order valence-corrected chi connectivity index (χ3v) is 5.92. The molecule has 1 N–H and O–H groups in total. The van der Waals surface area contributed by atoms with Crippen molar-refractivity contribution in [1.82, 2.24) is 14.7 Å². The van der Waals surface area contributed by atoms with E-state index in [0.717, 1.165) is 18.4 Å². The lowest BCUT2D eigenvalue weighted by molar-refractivity contribution is -0.0279. The van der Waals surface area contributed by atoms with Crippen molar-refractivity contribution in [1.29, 1.82) is 0 Å². The molecule has 1 saturated heterocycles. The van der Waals surface area contributed by atoms with E-state index in [1.807, 2.05) is 24.3 Å². The van der Waals surface area contributed by atoms with Gasteiger partial charge in [0, 0.05) is 24.6 Å². The standard InChI is InChI=1S/C18H22ClN3O4S/c1-2-27(23,24)22-16-4-3-9-25-17(16)12-26-15-7-5-13(6-8-15)18-20-10-14(19)11-21-18/h5-8,10-11,16-17,22H,2-4,9,12H2,1H3/t16-,17+/m0/s1. The predicted molar refractivity (Wildman–Crippen MR) is 103 cm³/mol. The van der Waals surface area contributed by atoms with Gasteiger partial charge in [0.2, 0.25) is 10.0 Å². The maximum Gasteiger partial charge on any atom is 0.211 e. The first-order chi connectivity index (χ1) is 13.0. The number of hydrogen-bond acceptors (Lipinski definition) is 6. The summed E-state index contributed by atoms with van der Waals surface area (Å²) in [6.07, 6.45) is 4.33. The number of sulfonamides is 1. The summed E-state index contributed by atoms with van der Waals surface area (Å²) in [6, 6.07) is 7.09. The molecule has 0 amide bonds. The smallest absolute Gasteiger partial charge is 0.211 e. The number of nitrogens with zero attached hydrogens (tertiary/aromatic N) is 2. The molecule has 27 heavy (non-hydrogen) atoms. The van der Waals surface area contributed by atoms with Crippen molar-refractivity contribution < 1.29 is 17.9 Å². The van der Waals surface area contributed by atoms with E-state index in [9.17, 15) is 8.42 Å². The lowest BCUT2D eigenvalue weighted by Gasteiger charge is -2.31. The van der Waals surface area contributed by atoms with E-state index in [0.29, 0.717) is 23.2 Å². The molecule has 1 aliphatic rings. The number of benzene rings is 1. The molecular weight excluding hydrogens is 390 g/mol. The fourth-order valence-corrected chi connectivity index (χ4v) is 3.79. The second-order valence-corrected chi connectivity index (χ2v) is 8.72. The SMILES string of the molecule is CCS(=O)(=O)N[C@H]1CCCO[C@@H]1COc1ccc(-c2ncc(Cl)cn2)cc1. The van der Waals surface area contributed by atoms with Crippen LogP contribution in [0.25, 0.3) is 11.4 Å². The predicted octanol–water partition coefficient (Wildman–Crippen LogP) is 2.66. The molecule has 1 aromatic carbocycles. The molecule has 1 aliphatic heterocycles. The first-order valence-electron chi connectivity index (χ1n) is 8.79. The Morgan fingerprint density at radius 1 is 1.26 bits per heavy atom. The zero-order valence-electron chi connectivity index (χ0n) is 15.0. The summed E-state index contributed by atoms with van der Waals surface area (Å²) in [6.45, 7) is 2.49. The second kappa shape index (κ2) is 8.97. The van der Waals surface area contributed by atoms with Gasteiger partial charge in [0.05, 0.1) is 16.8 Å². The van der Waals surface area contributed by atoms with Gasteiger partial charge in [-0.15, -0.1) is 0 Å². The molecule has 2 heterocycles. The molecule has 0 spiro atoms. The molecule has 7 nitrogen and oxygen atoms in total. The van der Waals surface area contributed by atoms with Gasteiger partial charge in [-0.1, -0.05) is 11.6 Å². The average Bonchev–Trinajstić information content (AvgIpc) is 2.68. The van der Waals surface area contributed by atoms with Gasteiger partial charge in [0.15, 0.2) is 5.82 Å². The molecule has 0 bridgehead atoms. The van der Waals surface area contributed by atoms with E-state index >= 15 is 0 Å². The number of halogens is 1. The number of ether oxygens (including phenoxy) is 2. The quantitative estimate of drug-likeness (QED) is 0.753. The molecule has 0 aliphatic carbocycles. The van der Waals surface area contributed by atoms with Crippen LogP contribution in [0.1, 0.15) is 19.8 Å². The average molecular weight is 412 g/mol. The van der Waals surface area contributed by atoms with E-state index in [2.05, 4.69) is 14.7 Å². The first kappa shape index (κ1) is 20.0. The second-order valence-electron chi connectivity index (χ2n) is 6.24. The van der Waals surface area contributed by atoms with Gasteiger partial charge >= 0.3 is 0 Å². The Morgan fingerprint density at radius 3 is 2.63 bits per heavy atom. The highest BCUT2D eigenvalue weighted by Gasteiger charge is 2.29. The van der Waals surface area contributed by atoms with Gasteiger partial charge in [-0.2, -0.15) is 0 Å². The maximum absolute atomic E-state index is 11.9. The van der Waals surface area contributed by atoms with Gasteiger partial charge in [0.25, 0.3) is 0 Å². The van der Waals surface area contributed by atoms with E-state index in [-0.39, 0.29) is 24.5 Å². The van der Waals surface area contributed by atoms with Gasteiger partial charge in [0.1, 0.15) is 18.5 Å². The van der Waals surface area contributed by atoms with Crippen LogP contribution >= 0.6 is 11.6 Å². The monoisotopic (exact) mass is 411 g/mol.